The molecule has 9 nitrogen and oxygen atoms in total. The van der Waals surface area contributed by atoms with E-state index in [0.717, 1.165) is 25.1 Å². The number of hydrogen-bond acceptors (Lipinski definition) is 8. The molecule has 1 aromatic carbocycles. The van der Waals surface area contributed by atoms with Crippen molar-refractivity contribution in [1.82, 2.24) is 4.90 Å². The lowest BCUT2D eigenvalue weighted by Crippen LogP contribution is -2.64. The highest BCUT2D eigenvalue weighted by atomic mass is 16.6. The quantitative estimate of drug-likeness (QED) is 0.319. The smallest absolute Gasteiger partial charge is 0.269 e. The summed E-state index contributed by atoms with van der Waals surface area (Å²) in [5, 5.41) is 14.8. The molecule has 2 unspecified atom stereocenters. The average Bonchev–Trinajstić information content (AvgIpc) is 3.17. The molecule has 6 atom stereocenters. The van der Waals surface area contributed by atoms with Crippen molar-refractivity contribution >= 4 is 23.6 Å². The Balaban J connectivity index is 1.25. The molecule has 1 aromatic rings. The van der Waals surface area contributed by atoms with Crippen molar-refractivity contribution in [3.63, 3.8) is 0 Å². The topological polar surface area (TPSA) is 106 Å². The third kappa shape index (κ3) is 2.88. The molecule has 6 rings (SSSR count). The minimum atomic E-state index is -0.458. The Morgan fingerprint density at radius 2 is 2.12 bits per heavy atom. The van der Waals surface area contributed by atoms with Crippen LogP contribution in [0.4, 0.5) is 11.4 Å². The Kier molecular flexibility index (Phi) is 4.45. The summed E-state index contributed by atoms with van der Waals surface area (Å²) in [6, 6.07) is 6.36. The number of hydrazone groups is 1. The van der Waals surface area contributed by atoms with E-state index < -0.39 is 11.0 Å². The Morgan fingerprint density at radius 3 is 2.91 bits per heavy atom. The molecule has 33 heavy (non-hydrogen) atoms. The van der Waals surface area contributed by atoms with E-state index in [2.05, 4.69) is 34.6 Å². The van der Waals surface area contributed by atoms with Crippen LogP contribution < -0.4 is 5.43 Å². The maximum absolute atomic E-state index is 12.9. The van der Waals surface area contributed by atoms with Gasteiger partial charge in [-0.05, 0) is 56.6 Å². The van der Waals surface area contributed by atoms with Gasteiger partial charge in [0.25, 0.3) is 5.69 Å². The highest BCUT2D eigenvalue weighted by molar-refractivity contribution is 5.96. The van der Waals surface area contributed by atoms with Crippen LogP contribution in [0, 0.1) is 33.3 Å². The summed E-state index contributed by atoms with van der Waals surface area (Å²) < 4.78 is 12.2. The van der Waals surface area contributed by atoms with E-state index >= 15 is 0 Å². The van der Waals surface area contributed by atoms with Crippen molar-refractivity contribution < 1.29 is 19.2 Å². The van der Waals surface area contributed by atoms with Crippen LogP contribution in [-0.2, 0) is 14.3 Å². The number of nitro benzene ring substituents is 1. The minimum Gasteiger partial charge on any atom is -0.482 e. The van der Waals surface area contributed by atoms with Gasteiger partial charge in [0.2, 0.25) is 0 Å². The minimum absolute atomic E-state index is 0.0137. The molecule has 1 spiro atoms. The van der Waals surface area contributed by atoms with E-state index in [-0.39, 0.29) is 22.8 Å². The summed E-state index contributed by atoms with van der Waals surface area (Å²) in [6.07, 6.45) is 10.7. The maximum atomic E-state index is 12.9. The van der Waals surface area contributed by atoms with Crippen molar-refractivity contribution in [2.24, 2.45) is 28.3 Å². The molecule has 5 aliphatic rings. The van der Waals surface area contributed by atoms with Crippen LogP contribution >= 0.6 is 0 Å². The van der Waals surface area contributed by atoms with Gasteiger partial charge in [-0.25, -0.2) is 0 Å². The summed E-state index contributed by atoms with van der Waals surface area (Å²) in [7, 11) is 2.18. The third-order valence-electron chi connectivity index (χ3n) is 8.00. The van der Waals surface area contributed by atoms with Gasteiger partial charge in [0, 0.05) is 35.4 Å². The van der Waals surface area contributed by atoms with Gasteiger partial charge in [0.05, 0.1) is 10.6 Å². The van der Waals surface area contributed by atoms with Gasteiger partial charge in [-0.3, -0.25) is 20.3 Å². The normalized spacial score (nSPS) is 36.0. The fraction of sp³-hybridized carbons (Fsp3) is 0.417. The van der Waals surface area contributed by atoms with Crippen LogP contribution in [-0.4, -0.2) is 47.7 Å². The van der Waals surface area contributed by atoms with Gasteiger partial charge in [-0.15, -0.1) is 5.10 Å². The first-order valence-corrected chi connectivity index (χ1v) is 11.2. The van der Waals surface area contributed by atoms with Gasteiger partial charge in [0.15, 0.2) is 24.0 Å². The fourth-order valence-electron chi connectivity index (χ4n) is 6.60. The number of non-ortho nitro benzene ring substituents is 1. The summed E-state index contributed by atoms with van der Waals surface area (Å²) in [5.74, 6) is 2.13. The van der Waals surface area contributed by atoms with Crippen LogP contribution in [0.2, 0.25) is 0 Å². The first-order valence-electron chi connectivity index (χ1n) is 11.2. The molecule has 0 aromatic heterocycles. The van der Waals surface area contributed by atoms with E-state index in [1.54, 1.807) is 18.2 Å². The predicted molar refractivity (Wildman–Crippen MR) is 120 cm³/mol. The first-order chi connectivity index (χ1) is 16.0. The number of ketones is 1. The highest BCUT2D eigenvalue weighted by Crippen LogP contribution is 2.66. The second-order valence-corrected chi connectivity index (χ2v) is 9.43. The van der Waals surface area contributed by atoms with Crippen LogP contribution in [0.1, 0.15) is 12.8 Å². The van der Waals surface area contributed by atoms with Crippen LogP contribution in [0.25, 0.3) is 0 Å². The van der Waals surface area contributed by atoms with E-state index in [0.29, 0.717) is 29.3 Å². The van der Waals surface area contributed by atoms with Crippen LogP contribution in [0.5, 0.6) is 0 Å². The summed E-state index contributed by atoms with van der Waals surface area (Å²) in [5.41, 5.74) is 3.20. The van der Waals surface area contributed by atoms with Crippen molar-refractivity contribution in [2.45, 2.75) is 25.0 Å². The monoisotopic (exact) mass is 448 g/mol. The van der Waals surface area contributed by atoms with Crippen molar-refractivity contribution in [3.05, 3.63) is 70.2 Å². The van der Waals surface area contributed by atoms with Crippen LogP contribution in [0.15, 0.2) is 65.2 Å². The molecule has 0 radical (unpaired) electrons. The molecule has 0 amide bonds. The van der Waals surface area contributed by atoms with Crippen molar-refractivity contribution in [1.29, 1.82) is 0 Å². The molecule has 2 heterocycles. The molecule has 1 N–H and O–H groups in total. The SMILES string of the molecule is CN1CC[C@@]23C4C5=C(OC=NNc6ccc([N+](=O)[O-])cc6)C=CC4C[C@@H]1[C@@H]2C=CC(=O)[C@@H]3O5. The molecular formula is C24H24N4O5. The summed E-state index contributed by atoms with van der Waals surface area (Å²) in [4.78, 5) is 25.6. The van der Waals surface area contributed by atoms with E-state index in [4.69, 9.17) is 9.47 Å². The largest absolute Gasteiger partial charge is 0.482 e. The fourth-order valence-corrected chi connectivity index (χ4v) is 6.60. The molecule has 170 valence electrons. The molecule has 9 heteroatoms. The lowest BCUT2D eigenvalue weighted by atomic mass is 9.48. The Morgan fingerprint density at radius 1 is 1.30 bits per heavy atom. The van der Waals surface area contributed by atoms with Gasteiger partial charge < -0.3 is 14.4 Å². The molecule has 1 saturated carbocycles. The lowest BCUT2D eigenvalue weighted by Gasteiger charge is -2.59. The second kappa shape index (κ2) is 7.28. The molecule has 2 bridgehead atoms. The number of anilines is 1. The maximum Gasteiger partial charge on any atom is 0.269 e. The lowest BCUT2D eigenvalue weighted by molar-refractivity contribution is -0.384. The molecule has 3 aliphatic carbocycles. The number of carbonyl (C=O) groups is 1. The molecular weight excluding hydrogens is 424 g/mol. The van der Waals surface area contributed by atoms with Crippen molar-refractivity contribution in [3.8, 4) is 0 Å². The standard InChI is InChI=1S/C24H24N4O5/c1-27-11-10-24-17-7-8-19(29)23(24)33-22-20(9-2-14(21(22)24)12-18(17)27)32-13-25-26-15-3-5-16(6-4-15)28(30)31/h2-9,13-14,17-18,21,23,26H,10-12H2,1H3/t14?,17-,18+,21?,23-,24-/m0/s1. The van der Waals surface area contributed by atoms with Gasteiger partial charge in [-0.2, -0.15) is 0 Å². The highest BCUT2D eigenvalue weighted by Gasteiger charge is 2.69. The van der Waals surface area contributed by atoms with Gasteiger partial charge in [-0.1, -0.05) is 12.2 Å². The number of benzene rings is 1. The Hall–Kier alpha value is -3.46. The second-order valence-electron chi connectivity index (χ2n) is 9.43. The number of hydrogen-bond donors (Lipinski definition) is 1. The zero-order chi connectivity index (χ0) is 22.7. The zero-order valence-electron chi connectivity index (χ0n) is 18.1. The summed E-state index contributed by atoms with van der Waals surface area (Å²) >= 11 is 0. The number of piperidine rings is 1. The van der Waals surface area contributed by atoms with Gasteiger partial charge in [0.1, 0.15) is 5.76 Å². The third-order valence-corrected chi connectivity index (χ3v) is 8.00. The molecule has 3 fully saturated rings. The van der Waals surface area contributed by atoms with E-state index in [9.17, 15) is 14.9 Å². The number of nitrogens with one attached hydrogen (secondary N) is 1. The number of carbonyl (C=O) groups excluding carboxylic acids is 1. The molecule has 2 aliphatic heterocycles. The Bertz CT molecular complexity index is 1140. The van der Waals surface area contributed by atoms with Gasteiger partial charge >= 0.3 is 0 Å². The first kappa shape index (κ1) is 20.2. The number of nitrogens with zero attached hydrogens (tertiary/aromatic N) is 3. The Labute approximate surface area is 190 Å². The predicted octanol–water partition coefficient (Wildman–Crippen LogP) is 3.23. The number of allylic oxidation sites excluding steroid dienone is 3. The summed E-state index contributed by atoms with van der Waals surface area (Å²) in [6.45, 7) is 0.958. The van der Waals surface area contributed by atoms with E-state index in [1.807, 2.05) is 6.08 Å². The van der Waals surface area contributed by atoms with E-state index in [1.165, 1.54) is 18.5 Å². The number of likely N-dealkylation sites (tertiary alicyclic amines) is 1. The zero-order valence-corrected chi connectivity index (χ0v) is 18.1. The molecule has 2 saturated heterocycles. The number of ether oxygens (including phenoxy) is 2. The number of rotatable bonds is 5. The van der Waals surface area contributed by atoms with Crippen molar-refractivity contribution in [2.75, 3.05) is 19.0 Å². The average molecular weight is 448 g/mol. The van der Waals surface area contributed by atoms with Crippen LogP contribution in [0.3, 0.4) is 0 Å². The number of nitro groups is 1.